The Morgan fingerprint density at radius 1 is 1.25 bits per heavy atom. The van der Waals surface area contributed by atoms with Crippen molar-refractivity contribution in [2.75, 3.05) is 0 Å². The van der Waals surface area contributed by atoms with Crippen molar-refractivity contribution >= 4 is 23.6 Å². The Morgan fingerprint density at radius 3 is 1.83 bits per heavy atom. The Labute approximate surface area is 84.2 Å². The molecule has 1 aromatic carbocycles. The topological polar surface area (TPSA) is 17.1 Å². The van der Waals surface area contributed by atoms with Crippen LogP contribution in [0.4, 0.5) is 0 Å². The van der Waals surface area contributed by atoms with E-state index in [0.29, 0.717) is 6.29 Å². The van der Waals surface area contributed by atoms with Gasteiger partial charge < -0.3 is 0 Å². The number of rotatable bonds is 1. The summed E-state index contributed by atoms with van der Waals surface area (Å²) < 4.78 is 0. The van der Waals surface area contributed by atoms with Gasteiger partial charge >= 0.3 is 0 Å². The molecule has 0 heterocycles. The third kappa shape index (κ3) is 9.16. The number of carbonyl (C=O) groups is 1. The zero-order chi connectivity index (χ0) is 8.53. The van der Waals surface area contributed by atoms with Crippen LogP contribution in [0.2, 0.25) is 0 Å². The Bertz CT molecular complexity index is 200. The monoisotopic (exact) mass is 178 g/mol. The van der Waals surface area contributed by atoms with Gasteiger partial charge in [0.05, 0.1) is 0 Å². The summed E-state index contributed by atoms with van der Waals surface area (Å²) in [6.07, 6.45) is 1.83. The number of aldehydes is 1. The number of aryl methyl sites for hydroxylation is 1. The van der Waals surface area contributed by atoms with Gasteiger partial charge in [0.2, 0.25) is 0 Å². The minimum absolute atomic E-state index is 0. The Balaban J connectivity index is 0. The summed E-state index contributed by atoms with van der Waals surface area (Å²) in [5, 5.41) is 0. The molecule has 0 radical (unpaired) electrons. The van der Waals surface area contributed by atoms with Crippen molar-refractivity contribution in [3.05, 3.63) is 48.6 Å². The summed E-state index contributed by atoms with van der Waals surface area (Å²) in [6.45, 7) is 5.19. The van der Waals surface area contributed by atoms with Crippen LogP contribution in [-0.2, 0) is 4.79 Å². The third-order valence-electron chi connectivity index (χ3n) is 1.04. The quantitative estimate of drug-likeness (QED) is 0.358. The normalized spacial score (nSPS) is 6.75. The van der Waals surface area contributed by atoms with Gasteiger partial charge in [-0.1, -0.05) is 42.5 Å². The first-order valence-corrected chi connectivity index (χ1v) is 3.39. The fourth-order valence-electron chi connectivity index (χ4n) is 0.534. The largest absolute Gasteiger partial charge is 0.299 e. The van der Waals surface area contributed by atoms with Crippen molar-refractivity contribution in [2.24, 2.45) is 0 Å². The molecule has 0 atom stereocenters. The number of hydrogen-bond donors (Lipinski definition) is 0. The van der Waals surface area contributed by atoms with E-state index in [2.05, 4.69) is 25.6 Å². The highest BCUT2D eigenvalue weighted by atomic mass is 27.0. The van der Waals surface area contributed by atoms with E-state index in [1.54, 1.807) is 0 Å². The molecule has 64 valence electrons. The highest BCUT2D eigenvalue weighted by Gasteiger charge is 1.72. The number of carbonyl (C=O) groups excluding carboxylic acids is 1. The minimum Gasteiger partial charge on any atom is -0.299 e. The number of hydrogen-bond acceptors (Lipinski definition) is 1. The first-order chi connectivity index (χ1) is 5.31. The predicted molar refractivity (Wildman–Crippen MR) is 57.4 cm³/mol. The predicted octanol–water partition coefficient (Wildman–Crippen LogP) is 1.18. The lowest BCUT2D eigenvalue weighted by Gasteiger charge is -1.82. The van der Waals surface area contributed by atoms with Crippen LogP contribution in [0, 0.1) is 6.92 Å². The van der Waals surface area contributed by atoms with Crippen LogP contribution in [0.25, 0.3) is 0 Å². The summed E-state index contributed by atoms with van der Waals surface area (Å²) in [4.78, 5) is 9.06. The van der Waals surface area contributed by atoms with Crippen LogP contribution in [0.3, 0.4) is 0 Å². The minimum atomic E-state index is 0. The third-order valence-corrected chi connectivity index (χ3v) is 1.04. The molecule has 0 unspecified atom stereocenters. The highest BCUT2D eigenvalue weighted by molar-refractivity contribution is 5.75. The summed E-state index contributed by atoms with van der Waals surface area (Å²) in [5.41, 5.74) is 1.32. The maximum Gasteiger partial charge on any atom is 0.187 e. The SMILES string of the molecule is C=CC=O.Cc1ccccc1.[AlH3]. The molecule has 0 aliphatic heterocycles. The smallest absolute Gasteiger partial charge is 0.187 e. The molecule has 0 aliphatic carbocycles. The average Bonchev–Trinajstić information content (AvgIpc) is 2.07. The summed E-state index contributed by atoms with van der Waals surface area (Å²) >= 11 is 0. The van der Waals surface area contributed by atoms with Gasteiger partial charge in [0.1, 0.15) is 6.29 Å². The highest BCUT2D eigenvalue weighted by Crippen LogP contribution is 1.92. The molecule has 2 heteroatoms. The zero-order valence-electron chi connectivity index (χ0n) is 6.66. The van der Waals surface area contributed by atoms with E-state index in [1.165, 1.54) is 11.6 Å². The molecule has 0 saturated carbocycles. The van der Waals surface area contributed by atoms with Gasteiger partial charge in [-0.15, -0.1) is 0 Å². The molecular formula is C10H15AlO. The van der Waals surface area contributed by atoms with Gasteiger partial charge in [0.15, 0.2) is 17.4 Å². The first-order valence-electron chi connectivity index (χ1n) is 3.39. The molecule has 1 aromatic rings. The van der Waals surface area contributed by atoms with E-state index >= 15 is 0 Å². The molecular weight excluding hydrogens is 163 g/mol. The van der Waals surface area contributed by atoms with Crippen LogP contribution in [0.5, 0.6) is 0 Å². The molecule has 12 heavy (non-hydrogen) atoms. The molecule has 0 spiro atoms. The molecule has 1 nitrogen and oxygen atoms in total. The maximum atomic E-state index is 9.06. The van der Waals surface area contributed by atoms with Crippen molar-refractivity contribution < 1.29 is 4.79 Å². The fourth-order valence-corrected chi connectivity index (χ4v) is 0.534. The van der Waals surface area contributed by atoms with Gasteiger partial charge in [-0.25, -0.2) is 0 Å². The molecule has 1 rings (SSSR count). The van der Waals surface area contributed by atoms with E-state index in [4.69, 9.17) is 4.79 Å². The van der Waals surface area contributed by atoms with E-state index < -0.39 is 0 Å². The summed E-state index contributed by atoms with van der Waals surface area (Å²) in [7, 11) is 0. The lowest BCUT2D eigenvalue weighted by atomic mass is 10.2. The van der Waals surface area contributed by atoms with Crippen LogP contribution in [0.1, 0.15) is 5.56 Å². The second kappa shape index (κ2) is 10.2. The van der Waals surface area contributed by atoms with E-state index in [-0.39, 0.29) is 17.4 Å². The number of allylic oxidation sites excluding steroid dienone is 1. The average molecular weight is 178 g/mol. The van der Waals surface area contributed by atoms with Gasteiger partial charge in [-0.3, -0.25) is 4.79 Å². The number of benzene rings is 1. The summed E-state index contributed by atoms with van der Waals surface area (Å²) in [5.74, 6) is 0. The van der Waals surface area contributed by atoms with Crippen molar-refractivity contribution in [3.8, 4) is 0 Å². The first kappa shape index (κ1) is 13.7. The Kier molecular flexibility index (Phi) is 11.6. The van der Waals surface area contributed by atoms with Crippen molar-refractivity contribution in [2.45, 2.75) is 6.92 Å². The lowest BCUT2D eigenvalue weighted by Crippen LogP contribution is -1.62. The van der Waals surface area contributed by atoms with Crippen molar-refractivity contribution in [1.82, 2.24) is 0 Å². The van der Waals surface area contributed by atoms with Crippen molar-refractivity contribution in [3.63, 3.8) is 0 Å². The van der Waals surface area contributed by atoms with Gasteiger partial charge in [-0.2, -0.15) is 0 Å². The van der Waals surface area contributed by atoms with Crippen LogP contribution < -0.4 is 0 Å². The van der Waals surface area contributed by atoms with E-state index in [0.717, 1.165) is 0 Å². The van der Waals surface area contributed by atoms with Gasteiger partial charge in [0.25, 0.3) is 0 Å². The molecule has 0 fully saturated rings. The van der Waals surface area contributed by atoms with Crippen LogP contribution in [0.15, 0.2) is 43.0 Å². The molecule has 0 amide bonds. The van der Waals surface area contributed by atoms with Crippen LogP contribution >= 0.6 is 0 Å². The molecule has 0 bridgehead atoms. The molecule has 0 aromatic heterocycles. The summed E-state index contributed by atoms with van der Waals surface area (Å²) in [6, 6.07) is 10.3. The van der Waals surface area contributed by atoms with Gasteiger partial charge in [0, 0.05) is 0 Å². The second-order valence-corrected chi connectivity index (χ2v) is 2.03. The van der Waals surface area contributed by atoms with E-state index in [9.17, 15) is 0 Å². The Hall–Kier alpha value is -0.838. The van der Waals surface area contributed by atoms with Gasteiger partial charge in [-0.05, 0) is 13.0 Å². The zero-order valence-corrected chi connectivity index (χ0v) is 6.66. The van der Waals surface area contributed by atoms with E-state index in [1.807, 2.05) is 18.2 Å². The lowest BCUT2D eigenvalue weighted by molar-refractivity contribution is -0.104. The van der Waals surface area contributed by atoms with Crippen LogP contribution in [-0.4, -0.2) is 23.6 Å². The molecule has 0 N–H and O–H groups in total. The standard InChI is InChI=1S/C7H8.C3H4O.Al.3H/c1-7-5-3-2-4-6-7;1-2-3-4;;;;/h2-6H,1H3;2-3H,1H2;;;;. The second-order valence-electron chi connectivity index (χ2n) is 2.03. The van der Waals surface area contributed by atoms with Crippen molar-refractivity contribution in [1.29, 1.82) is 0 Å². The molecule has 0 saturated heterocycles. The fraction of sp³-hybridized carbons (Fsp3) is 0.100. The molecule has 0 aliphatic rings. The maximum absolute atomic E-state index is 9.06. The Morgan fingerprint density at radius 2 is 1.67 bits per heavy atom.